The van der Waals surface area contributed by atoms with Crippen molar-refractivity contribution in [2.24, 2.45) is 11.5 Å². The number of amides is 2. The third kappa shape index (κ3) is 18.8. The number of aromatic amines is 3. The largest absolute Gasteiger partial charge is 0.478 e. The summed E-state index contributed by atoms with van der Waals surface area (Å²) in [5, 5.41) is 43.7. The second-order valence-electron chi connectivity index (χ2n) is 17.3. The number of carbonyl (C=O) groups excluding carboxylic acids is 2. The number of carboxylic acid groups (broad SMARTS) is 1. The maximum Gasteiger partial charge on any atom is 0.330 e. The average Bonchev–Trinajstić information content (AvgIpc) is 4.05. The molecule has 2 amide bonds. The standard InChI is InChI=1S/C19H30N4O6.C15H22N4O6.C13H16N2O7.6H2/c1-28-12-15-14(24)10-17(29-15)23-11-13(18(26)22-19(23)27)6-7-16(25)21-9-5-3-2-4-8-20;1-24-8-11-10(20)6-13(25-11)19-7-9(14(22)18-15(19)23)2-3-12(21)17-5-4-16;1-21-6-9-8(16)4-10(22-9)15-5-7(2-3-11(17)18)12(19)14-13(15)20;;;;;;/h6-7,11,14-15,17,24H,2-5,8-10,12,20H2,1H3,(H,21,25)(H,22,26,27);2-3,7,10-11,13,20H,4-6,8,16H2,1H3,(H,17,21)(H,18,22,23);2-3,5,8-10,16H,4,6H2,1H3,(H,17,18)(H,14,19,20);6*1H/b7-6+;2*3-2+;;;;;;/t14?,15-,17-;10?,11-,13-;8?,9-,10-;;;;;;/m111....../s1. The average molecular weight is 1090 g/mol. The highest BCUT2D eigenvalue weighted by molar-refractivity contribution is 5.92. The monoisotopic (exact) mass is 1090 g/mol. The van der Waals surface area contributed by atoms with Crippen LogP contribution in [0.2, 0.25) is 0 Å². The van der Waals surface area contributed by atoms with Gasteiger partial charge in [-0.3, -0.25) is 52.6 Å². The number of ether oxygens (including phenoxy) is 6. The molecule has 76 heavy (non-hydrogen) atoms. The van der Waals surface area contributed by atoms with Gasteiger partial charge >= 0.3 is 23.0 Å². The molecule has 432 valence electrons. The summed E-state index contributed by atoms with van der Waals surface area (Å²) < 4.78 is 35.1. The molecule has 29 nitrogen and oxygen atoms in total. The smallest absolute Gasteiger partial charge is 0.330 e. The number of nitrogens with one attached hydrogen (secondary N) is 5. The number of carboxylic acids is 1. The minimum atomic E-state index is -1.22. The molecule has 3 unspecified atom stereocenters. The zero-order valence-electron chi connectivity index (χ0n) is 42.2. The first-order valence-electron chi connectivity index (χ1n) is 24.1. The van der Waals surface area contributed by atoms with Crippen LogP contribution in [0.4, 0.5) is 0 Å². The molecular weight excluding hydrogens is 1010 g/mol. The topological polar surface area (TPSA) is 428 Å². The van der Waals surface area contributed by atoms with Crippen molar-refractivity contribution >= 4 is 36.0 Å². The van der Waals surface area contributed by atoms with Crippen LogP contribution < -0.4 is 55.8 Å². The second kappa shape index (κ2) is 31.3. The predicted octanol–water partition coefficient (Wildman–Crippen LogP) is -2.20. The highest BCUT2D eigenvalue weighted by atomic mass is 16.6. The summed E-state index contributed by atoms with van der Waals surface area (Å²) >= 11 is 0. The lowest BCUT2D eigenvalue weighted by Gasteiger charge is -2.15. The number of H-pyrrole nitrogens is 3. The van der Waals surface area contributed by atoms with Crippen molar-refractivity contribution < 1.29 is 71.8 Å². The number of rotatable bonds is 23. The minimum Gasteiger partial charge on any atom is -0.478 e. The van der Waals surface area contributed by atoms with Gasteiger partial charge in [0.2, 0.25) is 11.8 Å². The van der Waals surface area contributed by atoms with Gasteiger partial charge < -0.3 is 70.9 Å². The van der Waals surface area contributed by atoms with E-state index in [0.717, 1.165) is 42.4 Å². The van der Waals surface area contributed by atoms with Crippen LogP contribution in [0.1, 0.15) is 88.9 Å². The summed E-state index contributed by atoms with van der Waals surface area (Å²) in [6.45, 7) is 2.37. The summed E-state index contributed by atoms with van der Waals surface area (Å²) in [5.74, 6) is -1.95. The minimum absolute atomic E-state index is 0. The van der Waals surface area contributed by atoms with Crippen LogP contribution in [-0.2, 0) is 42.8 Å². The number of unbranched alkanes of at least 4 members (excludes halogenated alkanes) is 3. The lowest BCUT2D eigenvalue weighted by Crippen LogP contribution is -2.33. The maximum absolute atomic E-state index is 12.1. The van der Waals surface area contributed by atoms with Crippen molar-refractivity contribution in [3.8, 4) is 0 Å². The van der Waals surface area contributed by atoms with Gasteiger partial charge in [-0.05, 0) is 37.6 Å². The molecule has 0 aromatic carbocycles. The van der Waals surface area contributed by atoms with Crippen LogP contribution in [0.5, 0.6) is 0 Å². The molecular formula is C47H80N10O19. The van der Waals surface area contributed by atoms with Crippen LogP contribution in [0.15, 0.2) is 65.6 Å². The van der Waals surface area contributed by atoms with Gasteiger partial charge in [0.1, 0.15) is 37.0 Å². The third-order valence-corrected chi connectivity index (χ3v) is 11.6. The van der Waals surface area contributed by atoms with E-state index in [9.17, 15) is 58.5 Å². The number of aliphatic hydroxyl groups excluding tert-OH is 3. The van der Waals surface area contributed by atoms with Crippen LogP contribution in [-0.4, -0.2) is 171 Å². The number of aromatic nitrogens is 6. The molecule has 0 saturated carbocycles. The van der Waals surface area contributed by atoms with Gasteiger partial charge in [-0.1, -0.05) is 12.8 Å². The number of aliphatic hydroxyl groups is 3. The number of aliphatic carboxylic acids is 1. The molecule has 6 rings (SSSR count). The molecule has 29 heteroatoms. The Kier molecular flexibility index (Phi) is 25.5. The van der Waals surface area contributed by atoms with Crippen LogP contribution >= 0.6 is 0 Å². The molecule has 3 aromatic rings. The van der Waals surface area contributed by atoms with E-state index in [4.69, 9.17) is 45.0 Å². The number of nitrogens with two attached hydrogens (primary N) is 2. The Morgan fingerprint density at radius 2 is 0.921 bits per heavy atom. The number of hydrogen-bond donors (Lipinski definition) is 11. The van der Waals surface area contributed by atoms with Crippen molar-refractivity contribution in [1.29, 1.82) is 0 Å². The van der Waals surface area contributed by atoms with E-state index in [2.05, 4.69) is 25.6 Å². The Hall–Kier alpha value is -6.77. The molecule has 3 fully saturated rings. The zero-order chi connectivity index (χ0) is 55.9. The molecule has 3 saturated heterocycles. The molecule has 0 aliphatic carbocycles. The Morgan fingerprint density at radius 3 is 1.25 bits per heavy atom. The third-order valence-electron chi connectivity index (χ3n) is 11.6. The first kappa shape index (κ1) is 61.8. The highest BCUT2D eigenvalue weighted by Gasteiger charge is 2.37. The summed E-state index contributed by atoms with van der Waals surface area (Å²) in [5.41, 5.74) is 7.00. The van der Waals surface area contributed by atoms with E-state index in [0.29, 0.717) is 26.2 Å². The van der Waals surface area contributed by atoms with Crippen LogP contribution in [0.3, 0.4) is 0 Å². The Morgan fingerprint density at radius 1 is 0.579 bits per heavy atom. The van der Waals surface area contributed by atoms with Gasteiger partial charge in [0.25, 0.3) is 16.7 Å². The van der Waals surface area contributed by atoms with Crippen LogP contribution in [0.25, 0.3) is 18.2 Å². The molecule has 13 N–H and O–H groups in total. The van der Waals surface area contributed by atoms with Gasteiger partial charge in [0.05, 0.1) is 54.8 Å². The summed E-state index contributed by atoms with van der Waals surface area (Å²) in [4.78, 5) is 112. The quantitative estimate of drug-likeness (QED) is 0.0355. The van der Waals surface area contributed by atoms with Gasteiger partial charge in [-0.2, -0.15) is 0 Å². The summed E-state index contributed by atoms with van der Waals surface area (Å²) in [7, 11) is 4.43. The lowest BCUT2D eigenvalue weighted by molar-refractivity contribution is -0.131. The predicted molar refractivity (Wildman–Crippen MR) is 283 cm³/mol. The maximum atomic E-state index is 12.1. The van der Waals surface area contributed by atoms with Crippen molar-refractivity contribution in [2.75, 3.05) is 67.3 Å². The number of methoxy groups -OCH3 is 3. The Labute approximate surface area is 441 Å². The van der Waals surface area contributed by atoms with Gasteiger partial charge in [-0.25, -0.2) is 19.2 Å². The summed E-state index contributed by atoms with van der Waals surface area (Å²) in [6.07, 6.45) is 8.80. The van der Waals surface area contributed by atoms with E-state index < -0.39 is 101 Å². The second-order valence-corrected chi connectivity index (χ2v) is 17.3. The molecule has 0 bridgehead atoms. The van der Waals surface area contributed by atoms with Crippen molar-refractivity contribution in [3.63, 3.8) is 0 Å². The van der Waals surface area contributed by atoms with Crippen molar-refractivity contribution in [3.05, 3.63) is 116 Å². The number of nitrogens with zero attached hydrogens (tertiary/aromatic N) is 3. The molecule has 0 radical (unpaired) electrons. The van der Waals surface area contributed by atoms with Gasteiger partial charge in [-0.15, -0.1) is 0 Å². The number of carbonyl (C=O) groups is 3. The molecule has 3 aromatic heterocycles. The molecule has 3 aliphatic heterocycles. The number of hydrogen-bond acceptors (Lipinski definition) is 20. The van der Waals surface area contributed by atoms with Crippen LogP contribution in [0, 0.1) is 0 Å². The van der Waals surface area contributed by atoms with E-state index >= 15 is 0 Å². The normalized spacial score (nSPS) is 23.1. The van der Waals surface area contributed by atoms with Crippen molar-refractivity contribution in [1.82, 2.24) is 39.3 Å². The van der Waals surface area contributed by atoms with Crippen molar-refractivity contribution in [2.45, 2.75) is 100 Å². The fraction of sp³-hybridized carbons (Fsp3) is 0.553. The zero-order valence-corrected chi connectivity index (χ0v) is 42.2. The molecule has 3 aliphatic rings. The Balaban J connectivity index is -0.00000111. The molecule has 0 spiro atoms. The molecule has 9 atom stereocenters. The first-order valence-corrected chi connectivity index (χ1v) is 24.1. The SMILES string of the molecule is COC[C@H]1O[C@@H](n2cc(/C=C/C(=O)NCCCCCCN)c(=O)[nH]c2=O)CC1O.COC[C@H]1O[C@@H](n2cc(/C=C/C(=O)NCCN)c(=O)[nH]c2=O)CC1O.COC[C@H]1O[C@@H](n2cc(/C=C/C(=O)O)c(=O)[nH]c2=O)CC1O.[HH].[HH].[HH].[HH].[HH].[HH]. The van der Waals surface area contributed by atoms with Gasteiger partial charge in [0, 0.05) is 106 Å². The highest BCUT2D eigenvalue weighted by Crippen LogP contribution is 2.30. The van der Waals surface area contributed by atoms with E-state index in [1.54, 1.807) is 0 Å². The fourth-order valence-corrected chi connectivity index (χ4v) is 7.74. The Bertz CT molecular complexity index is 2860. The molecule has 6 heterocycles. The summed E-state index contributed by atoms with van der Waals surface area (Å²) in [6, 6.07) is 0. The van der Waals surface area contributed by atoms with Gasteiger partial charge in [0.15, 0.2) is 0 Å². The van der Waals surface area contributed by atoms with E-state index in [1.165, 1.54) is 73.4 Å². The van der Waals surface area contributed by atoms with E-state index in [-0.39, 0.29) is 70.2 Å². The first-order chi connectivity index (χ1) is 36.3. The fourth-order valence-electron chi connectivity index (χ4n) is 7.74. The lowest BCUT2D eigenvalue weighted by atomic mass is 10.2. The van der Waals surface area contributed by atoms with E-state index in [1.807, 2.05) is 0 Å².